The average molecular weight is 452 g/mol. The molecule has 1 aliphatic rings. The molecule has 1 amide bonds. The van der Waals surface area contributed by atoms with E-state index in [0.717, 1.165) is 49.0 Å². The minimum Gasteiger partial charge on any atom is -0.457 e. The number of nitrogens with zero attached hydrogens (tertiary/aromatic N) is 2. The average Bonchev–Trinajstić information content (AvgIpc) is 2.91. The molecule has 2 heterocycles. The van der Waals surface area contributed by atoms with Crippen LogP contribution in [0.4, 0.5) is 11.5 Å². The molecule has 0 radical (unpaired) electrons. The van der Waals surface area contributed by atoms with E-state index in [1.165, 1.54) is 0 Å². The zero-order valence-electron chi connectivity index (χ0n) is 18.7. The Labute approximate surface area is 198 Å². The molecule has 0 spiro atoms. The van der Waals surface area contributed by atoms with Gasteiger partial charge in [0.05, 0.1) is 13.2 Å². The van der Waals surface area contributed by atoms with Gasteiger partial charge >= 0.3 is 0 Å². The highest BCUT2D eigenvalue weighted by molar-refractivity contribution is 6.05. The van der Waals surface area contributed by atoms with E-state index in [1.807, 2.05) is 91.1 Å². The molecule has 1 fully saturated rings. The molecule has 1 aliphatic heterocycles. The van der Waals surface area contributed by atoms with Crippen molar-refractivity contribution in [3.8, 4) is 22.6 Å². The van der Waals surface area contributed by atoms with Gasteiger partial charge in [0.2, 0.25) is 0 Å². The van der Waals surface area contributed by atoms with Crippen LogP contribution in [0.2, 0.25) is 0 Å². The molecule has 34 heavy (non-hydrogen) atoms. The second-order valence-electron chi connectivity index (χ2n) is 7.98. The maximum Gasteiger partial charge on any atom is 0.255 e. The van der Waals surface area contributed by atoms with Gasteiger partial charge in [-0.25, -0.2) is 4.98 Å². The SMILES string of the molecule is O=C(Nc1ccc(Oc2ccccc2)cc1)c1cccc(-c2ccc(N3CCOCC3)nc2)c1. The number of hydrogen-bond acceptors (Lipinski definition) is 5. The summed E-state index contributed by atoms with van der Waals surface area (Å²) < 4.78 is 11.2. The third kappa shape index (κ3) is 5.24. The summed E-state index contributed by atoms with van der Waals surface area (Å²) >= 11 is 0. The Bertz CT molecular complexity index is 1240. The van der Waals surface area contributed by atoms with Gasteiger partial charge in [0, 0.05) is 36.1 Å². The summed E-state index contributed by atoms with van der Waals surface area (Å²) in [6.45, 7) is 3.15. The Balaban J connectivity index is 1.24. The molecular weight excluding hydrogens is 426 g/mol. The van der Waals surface area contributed by atoms with Crippen LogP contribution in [0, 0.1) is 0 Å². The summed E-state index contributed by atoms with van der Waals surface area (Å²) in [6.07, 6.45) is 1.85. The van der Waals surface area contributed by atoms with Gasteiger partial charge in [-0.05, 0) is 66.2 Å². The second-order valence-corrected chi connectivity index (χ2v) is 7.98. The summed E-state index contributed by atoms with van der Waals surface area (Å²) in [4.78, 5) is 19.7. The smallest absolute Gasteiger partial charge is 0.255 e. The van der Waals surface area contributed by atoms with E-state index >= 15 is 0 Å². The van der Waals surface area contributed by atoms with Crippen molar-refractivity contribution in [3.63, 3.8) is 0 Å². The van der Waals surface area contributed by atoms with Crippen molar-refractivity contribution in [2.75, 3.05) is 36.5 Å². The number of para-hydroxylation sites is 1. The van der Waals surface area contributed by atoms with Crippen LogP contribution in [0.3, 0.4) is 0 Å². The van der Waals surface area contributed by atoms with Crippen LogP contribution in [0.25, 0.3) is 11.1 Å². The van der Waals surface area contributed by atoms with Crippen LogP contribution < -0.4 is 15.0 Å². The maximum atomic E-state index is 12.9. The number of hydrogen-bond donors (Lipinski definition) is 1. The van der Waals surface area contributed by atoms with Crippen LogP contribution in [-0.2, 0) is 4.74 Å². The van der Waals surface area contributed by atoms with E-state index in [0.29, 0.717) is 17.0 Å². The number of pyridine rings is 1. The van der Waals surface area contributed by atoms with Crippen molar-refractivity contribution in [2.24, 2.45) is 0 Å². The number of morpholine rings is 1. The van der Waals surface area contributed by atoms with E-state index in [9.17, 15) is 4.79 Å². The zero-order chi connectivity index (χ0) is 23.2. The predicted molar refractivity (Wildman–Crippen MR) is 134 cm³/mol. The molecule has 5 rings (SSSR count). The number of nitrogens with one attached hydrogen (secondary N) is 1. The monoisotopic (exact) mass is 451 g/mol. The van der Waals surface area contributed by atoms with Crippen molar-refractivity contribution >= 4 is 17.4 Å². The van der Waals surface area contributed by atoms with E-state index in [1.54, 1.807) is 6.07 Å². The standard InChI is InChI=1S/C28H25N3O3/c32-28(30-24-10-12-26(13-11-24)34-25-7-2-1-3-8-25)22-6-4-5-21(19-22)23-9-14-27(29-20-23)31-15-17-33-18-16-31/h1-14,19-20H,15-18H2,(H,30,32). The Morgan fingerprint density at radius 3 is 2.32 bits per heavy atom. The minimum atomic E-state index is -0.170. The summed E-state index contributed by atoms with van der Waals surface area (Å²) in [5, 5.41) is 2.95. The normalized spacial score (nSPS) is 13.4. The number of anilines is 2. The van der Waals surface area contributed by atoms with Crippen LogP contribution in [0.1, 0.15) is 10.4 Å². The molecule has 1 saturated heterocycles. The Morgan fingerprint density at radius 2 is 1.59 bits per heavy atom. The zero-order valence-corrected chi connectivity index (χ0v) is 18.7. The van der Waals surface area contributed by atoms with Gasteiger partial charge < -0.3 is 19.7 Å². The first-order valence-electron chi connectivity index (χ1n) is 11.3. The fourth-order valence-corrected chi connectivity index (χ4v) is 3.81. The maximum absolute atomic E-state index is 12.9. The number of amides is 1. The number of ether oxygens (including phenoxy) is 2. The molecule has 0 atom stereocenters. The third-order valence-electron chi connectivity index (χ3n) is 5.63. The first kappa shape index (κ1) is 21.7. The van der Waals surface area contributed by atoms with Crippen LogP contribution in [0.5, 0.6) is 11.5 Å². The quantitative estimate of drug-likeness (QED) is 0.412. The molecule has 170 valence electrons. The highest BCUT2D eigenvalue weighted by Crippen LogP contribution is 2.25. The first-order chi connectivity index (χ1) is 16.7. The Morgan fingerprint density at radius 1 is 0.824 bits per heavy atom. The lowest BCUT2D eigenvalue weighted by Crippen LogP contribution is -2.36. The Hall–Kier alpha value is -4.16. The van der Waals surface area contributed by atoms with Crippen LogP contribution >= 0.6 is 0 Å². The van der Waals surface area contributed by atoms with E-state index in [-0.39, 0.29) is 5.91 Å². The van der Waals surface area contributed by atoms with Gasteiger partial charge in [0.15, 0.2) is 0 Å². The number of carbonyl (C=O) groups is 1. The van der Waals surface area contributed by atoms with Crippen molar-refractivity contribution < 1.29 is 14.3 Å². The summed E-state index contributed by atoms with van der Waals surface area (Å²) in [5.41, 5.74) is 3.20. The topological polar surface area (TPSA) is 63.7 Å². The molecule has 0 saturated carbocycles. The van der Waals surface area contributed by atoms with Gasteiger partial charge in [-0.2, -0.15) is 0 Å². The Kier molecular flexibility index (Phi) is 6.49. The molecule has 6 heteroatoms. The number of aromatic nitrogens is 1. The molecular formula is C28H25N3O3. The summed E-state index contributed by atoms with van der Waals surface area (Å²) in [5.74, 6) is 2.25. The van der Waals surface area contributed by atoms with Gasteiger partial charge in [-0.3, -0.25) is 4.79 Å². The molecule has 4 aromatic rings. The number of carbonyl (C=O) groups excluding carboxylic acids is 1. The van der Waals surface area contributed by atoms with Gasteiger partial charge in [-0.15, -0.1) is 0 Å². The van der Waals surface area contributed by atoms with E-state index in [4.69, 9.17) is 9.47 Å². The number of rotatable bonds is 6. The van der Waals surface area contributed by atoms with E-state index < -0.39 is 0 Å². The summed E-state index contributed by atoms with van der Waals surface area (Å²) in [6, 6.07) is 28.5. The molecule has 3 aromatic carbocycles. The van der Waals surface area contributed by atoms with Crippen molar-refractivity contribution in [3.05, 3.63) is 103 Å². The predicted octanol–water partition coefficient (Wildman–Crippen LogP) is 5.63. The van der Waals surface area contributed by atoms with Crippen molar-refractivity contribution in [2.45, 2.75) is 0 Å². The molecule has 0 bridgehead atoms. The minimum absolute atomic E-state index is 0.170. The summed E-state index contributed by atoms with van der Waals surface area (Å²) in [7, 11) is 0. The largest absolute Gasteiger partial charge is 0.457 e. The molecule has 1 N–H and O–H groups in total. The van der Waals surface area contributed by atoms with Crippen LogP contribution in [-0.4, -0.2) is 37.2 Å². The van der Waals surface area contributed by atoms with Gasteiger partial charge in [0.1, 0.15) is 17.3 Å². The molecule has 0 unspecified atom stereocenters. The molecule has 1 aromatic heterocycles. The van der Waals surface area contributed by atoms with Crippen molar-refractivity contribution in [1.29, 1.82) is 0 Å². The molecule has 6 nitrogen and oxygen atoms in total. The highest BCUT2D eigenvalue weighted by atomic mass is 16.5. The third-order valence-corrected chi connectivity index (χ3v) is 5.63. The lowest BCUT2D eigenvalue weighted by atomic mass is 10.0. The van der Waals surface area contributed by atoms with Crippen LogP contribution in [0.15, 0.2) is 97.2 Å². The van der Waals surface area contributed by atoms with Gasteiger partial charge in [-0.1, -0.05) is 30.3 Å². The van der Waals surface area contributed by atoms with Gasteiger partial charge in [0.25, 0.3) is 5.91 Å². The lowest BCUT2D eigenvalue weighted by Gasteiger charge is -2.27. The first-order valence-corrected chi connectivity index (χ1v) is 11.3. The molecule has 0 aliphatic carbocycles. The van der Waals surface area contributed by atoms with Crippen molar-refractivity contribution in [1.82, 2.24) is 4.98 Å². The second kappa shape index (κ2) is 10.2. The number of benzene rings is 3. The van der Waals surface area contributed by atoms with E-state index in [2.05, 4.69) is 15.2 Å². The fourth-order valence-electron chi connectivity index (χ4n) is 3.81. The lowest BCUT2D eigenvalue weighted by molar-refractivity contribution is 0.102. The fraction of sp³-hybridized carbons (Fsp3) is 0.143. The highest BCUT2D eigenvalue weighted by Gasteiger charge is 2.13.